The number of carboxylic acids is 1. The number of carbonyl (C=O) groups excluding carboxylic acids is 1. The summed E-state index contributed by atoms with van der Waals surface area (Å²) in [5, 5.41) is 18.3. The topological polar surface area (TPSA) is 90.3 Å². The molecular weight excluding hydrogens is 276 g/mol. The summed E-state index contributed by atoms with van der Waals surface area (Å²) >= 11 is 0. The van der Waals surface area contributed by atoms with Gasteiger partial charge in [-0.2, -0.15) is 0 Å². The van der Waals surface area contributed by atoms with Gasteiger partial charge in [0.25, 0.3) is 0 Å². The summed E-state index contributed by atoms with van der Waals surface area (Å²) in [5.41, 5.74) is -0.564. The van der Waals surface area contributed by atoms with Gasteiger partial charge < -0.3 is 24.7 Å². The molecule has 1 heterocycles. The Balaban J connectivity index is 2.88. The van der Waals surface area contributed by atoms with Crippen molar-refractivity contribution in [3.8, 4) is 0 Å². The Hall–Kier alpha value is -1.34. The van der Waals surface area contributed by atoms with Crippen molar-refractivity contribution in [3.05, 3.63) is 0 Å². The van der Waals surface area contributed by atoms with Crippen molar-refractivity contribution in [2.24, 2.45) is 0 Å². The minimum absolute atomic E-state index is 0.160. The number of rotatable bonds is 5. The van der Waals surface area contributed by atoms with Gasteiger partial charge in [0.15, 0.2) is 0 Å². The van der Waals surface area contributed by atoms with Gasteiger partial charge in [-0.3, -0.25) is 4.79 Å². The van der Waals surface area contributed by atoms with E-state index >= 15 is 0 Å². The van der Waals surface area contributed by atoms with Crippen LogP contribution in [0.25, 0.3) is 0 Å². The van der Waals surface area contributed by atoms with E-state index in [-0.39, 0.29) is 31.8 Å². The smallest absolute Gasteiger partial charge is 0.323 e. The van der Waals surface area contributed by atoms with Crippen molar-refractivity contribution >= 4 is 12.0 Å². The molecular formula is C14H26N2O5. The zero-order valence-corrected chi connectivity index (χ0v) is 13.2. The second-order valence-electron chi connectivity index (χ2n) is 6.12. The molecule has 7 heteroatoms. The second kappa shape index (κ2) is 7.09. The maximum atomic E-state index is 12.6. The van der Waals surface area contributed by atoms with Crippen LogP contribution in [0.3, 0.4) is 0 Å². The van der Waals surface area contributed by atoms with Crippen LogP contribution in [0.4, 0.5) is 4.79 Å². The third-order valence-electron chi connectivity index (χ3n) is 3.63. The van der Waals surface area contributed by atoms with Crippen molar-refractivity contribution in [3.63, 3.8) is 0 Å². The summed E-state index contributed by atoms with van der Waals surface area (Å²) < 4.78 is 5.67. The average molecular weight is 302 g/mol. The molecule has 0 aromatic rings. The molecule has 1 aliphatic heterocycles. The number of hydrogen-bond acceptors (Lipinski definition) is 4. The van der Waals surface area contributed by atoms with E-state index in [1.165, 1.54) is 4.90 Å². The summed E-state index contributed by atoms with van der Waals surface area (Å²) in [4.78, 5) is 26.6. The van der Waals surface area contributed by atoms with Crippen LogP contribution in [-0.4, -0.2) is 76.0 Å². The van der Waals surface area contributed by atoms with Gasteiger partial charge in [-0.1, -0.05) is 6.92 Å². The van der Waals surface area contributed by atoms with E-state index in [1.807, 2.05) is 27.7 Å². The Morgan fingerprint density at radius 1 is 1.48 bits per heavy atom. The number of carboxylic acid groups (broad SMARTS) is 1. The number of morpholine rings is 1. The quantitative estimate of drug-likeness (QED) is 0.782. The molecule has 7 nitrogen and oxygen atoms in total. The van der Waals surface area contributed by atoms with Crippen LogP contribution in [0.1, 0.15) is 34.1 Å². The van der Waals surface area contributed by atoms with Crippen LogP contribution in [0.15, 0.2) is 0 Å². The summed E-state index contributed by atoms with van der Waals surface area (Å²) in [6.45, 7) is 7.58. The van der Waals surface area contributed by atoms with E-state index in [2.05, 4.69) is 0 Å². The molecule has 2 N–H and O–H groups in total. The Bertz CT molecular complexity index is 386. The lowest BCUT2D eigenvalue weighted by Crippen LogP contribution is -2.59. The Morgan fingerprint density at radius 2 is 2.10 bits per heavy atom. The first-order chi connectivity index (χ1) is 9.70. The number of hydrogen-bond donors (Lipinski definition) is 2. The lowest BCUT2D eigenvalue weighted by atomic mass is 10.1. The summed E-state index contributed by atoms with van der Waals surface area (Å²) in [5.74, 6) is -1.03. The van der Waals surface area contributed by atoms with E-state index in [0.29, 0.717) is 13.0 Å². The van der Waals surface area contributed by atoms with Crippen molar-refractivity contribution in [2.45, 2.75) is 51.9 Å². The fraction of sp³-hybridized carbons (Fsp3) is 0.857. The van der Waals surface area contributed by atoms with E-state index in [0.717, 1.165) is 0 Å². The van der Waals surface area contributed by atoms with E-state index in [9.17, 15) is 14.7 Å². The standard InChI is InChI=1S/C14H26N2O5/c1-5-10(2)16(7-12(18)19)13(20)15-6-11(8-17)21-14(3,4)9-15/h10-11,17H,5-9H2,1-4H3,(H,18,19). The number of aliphatic carboxylic acids is 1. The number of amides is 2. The zero-order chi connectivity index (χ0) is 16.2. The van der Waals surface area contributed by atoms with Crippen LogP contribution >= 0.6 is 0 Å². The number of ether oxygens (including phenoxy) is 1. The molecule has 0 aliphatic carbocycles. The van der Waals surface area contributed by atoms with Crippen molar-refractivity contribution < 1.29 is 24.5 Å². The van der Waals surface area contributed by atoms with Gasteiger partial charge in [-0.25, -0.2) is 4.79 Å². The van der Waals surface area contributed by atoms with Gasteiger partial charge in [0.05, 0.1) is 31.4 Å². The normalized spacial score (nSPS) is 22.7. The van der Waals surface area contributed by atoms with E-state index < -0.39 is 17.7 Å². The van der Waals surface area contributed by atoms with Crippen LogP contribution in [0, 0.1) is 0 Å². The molecule has 2 atom stereocenters. The molecule has 1 aliphatic rings. The minimum Gasteiger partial charge on any atom is -0.480 e. The molecule has 1 rings (SSSR count). The lowest BCUT2D eigenvalue weighted by Gasteiger charge is -2.44. The maximum absolute atomic E-state index is 12.6. The molecule has 0 aromatic heterocycles. The number of carbonyl (C=O) groups is 2. The molecule has 0 bridgehead atoms. The van der Waals surface area contributed by atoms with Gasteiger partial charge in [0, 0.05) is 6.04 Å². The predicted molar refractivity (Wildman–Crippen MR) is 77.1 cm³/mol. The number of aliphatic hydroxyl groups is 1. The maximum Gasteiger partial charge on any atom is 0.323 e. The fourth-order valence-electron chi connectivity index (χ4n) is 2.50. The van der Waals surface area contributed by atoms with Gasteiger partial charge in [-0.05, 0) is 27.2 Å². The molecule has 1 saturated heterocycles. The minimum atomic E-state index is -1.03. The van der Waals surface area contributed by atoms with Crippen LogP contribution in [-0.2, 0) is 9.53 Å². The number of nitrogens with zero attached hydrogens (tertiary/aromatic N) is 2. The van der Waals surface area contributed by atoms with E-state index in [1.54, 1.807) is 4.90 Å². The fourth-order valence-corrected chi connectivity index (χ4v) is 2.50. The molecule has 0 spiro atoms. The molecule has 2 unspecified atom stereocenters. The molecule has 0 saturated carbocycles. The van der Waals surface area contributed by atoms with Crippen LogP contribution < -0.4 is 0 Å². The van der Waals surface area contributed by atoms with Gasteiger partial charge in [-0.15, -0.1) is 0 Å². The van der Waals surface area contributed by atoms with Crippen molar-refractivity contribution in [1.29, 1.82) is 0 Å². The second-order valence-corrected chi connectivity index (χ2v) is 6.12. The third-order valence-corrected chi connectivity index (χ3v) is 3.63. The first kappa shape index (κ1) is 17.7. The summed E-state index contributed by atoms with van der Waals surface area (Å²) in [7, 11) is 0. The highest BCUT2D eigenvalue weighted by molar-refractivity contribution is 5.80. The van der Waals surface area contributed by atoms with Crippen LogP contribution in [0.5, 0.6) is 0 Å². The zero-order valence-electron chi connectivity index (χ0n) is 13.2. The highest BCUT2D eigenvalue weighted by atomic mass is 16.5. The van der Waals surface area contributed by atoms with Crippen molar-refractivity contribution in [2.75, 3.05) is 26.2 Å². The average Bonchev–Trinajstić information content (AvgIpc) is 2.41. The van der Waals surface area contributed by atoms with Crippen LogP contribution in [0.2, 0.25) is 0 Å². The molecule has 122 valence electrons. The third kappa shape index (κ3) is 4.86. The number of aliphatic hydroxyl groups excluding tert-OH is 1. The first-order valence-corrected chi connectivity index (χ1v) is 7.26. The SMILES string of the molecule is CCC(C)N(CC(=O)O)C(=O)N1CC(CO)OC(C)(C)C1. The van der Waals surface area contributed by atoms with Gasteiger partial charge in [0.1, 0.15) is 6.54 Å². The lowest BCUT2D eigenvalue weighted by molar-refractivity contribution is -0.143. The Labute approximate surface area is 125 Å². The molecule has 2 amide bonds. The Morgan fingerprint density at radius 3 is 2.57 bits per heavy atom. The first-order valence-electron chi connectivity index (χ1n) is 7.26. The highest BCUT2D eigenvalue weighted by Crippen LogP contribution is 2.22. The molecule has 0 radical (unpaired) electrons. The van der Waals surface area contributed by atoms with Crippen molar-refractivity contribution in [1.82, 2.24) is 9.80 Å². The predicted octanol–water partition coefficient (Wildman–Crippen LogP) is 0.763. The molecule has 0 aromatic carbocycles. The monoisotopic (exact) mass is 302 g/mol. The summed E-state index contributed by atoms with van der Waals surface area (Å²) in [6.07, 6.45) is 0.234. The summed E-state index contributed by atoms with van der Waals surface area (Å²) in [6, 6.07) is -0.478. The van der Waals surface area contributed by atoms with Gasteiger partial charge in [0.2, 0.25) is 0 Å². The number of urea groups is 1. The van der Waals surface area contributed by atoms with Gasteiger partial charge >= 0.3 is 12.0 Å². The van der Waals surface area contributed by atoms with E-state index in [4.69, 9.17) is 9.84 Å². The Kier molecular flexibility index (Phi) is 5.98. The molecule has 21 heavy (non-hydrogen) atoms. The highest BCUT2D eigenvalue weighted by Gasteiger charge is 2.37. The largest absolute Gasteiger partial charge is 0.480 e. The molecule has 1 fully saturated rings.